The molecule has 7 nitrogen and oxygen atoms in total. The summed E-state index contributed by atoms with van der Waals surface area (Å²) in [5, 5.41) is 7.32. The molecule has 160 valence electrons. The van der Waals surface area contributed by atoms with E-state index in [0.29, 0.717) is 18.0 Å². The normalized spacial score (nSPS) is 18.0. The van der Waals surface area contributed by atoms with Crippen LogP contribution in [0.3, 0.4) is 0 Å². The lowest BCUT2D eigenvalue weighted by molar-refractivity contribution is -0.137. The van der Waals surface area contributed by atoms with Gasteiger partial charge in [-0.2, -0.15) is 5.10 Å². The minimum atomic E-state index is -0.107. The van der Waals surface area contributed by atoms with Gasteiger partial charge in [0.15, 0.2) is 0 Å². The summed E-state index contributed by atoms with van der Waals surface area (Å²) < 4.78 is 1.74. The maximum atomic E-state index is 12.5. The van der Waals surface area contributed by atoms with Crippen molar-refractivity contribution in [2.24, 2.45) is 5.92 Å². The van der Waals surface area contributed by atoms with Crippen LogP contribution in [-0.4, -0.2) is 70.7 Å². The molecule has 1 saturated heterocycles. The Bertz CT molecular complexity index is 879. The Morgan fingerprint density at radius 2 is 1.83 bits per heavy atom. The fourth-order valence-electron chi connectivity index (χ4n) is 4.44. The number of aromatic nitrogens is 2. The zero-order valence-electron chi connectivity index (χ0n) is 17.7. The van der Waals surface area contributed by atoms with E-state index in [0.717, 1.165) is 56.8 Å². The van der Waals surface area contributed by atoms with E-state index in [1.54, 1.807) is 17.1 Å². The predicted octanol–water partition coefficient (Wildman–Crippen LogP) is 2.24. The molecule has 2 fully saturated rings. The number of amides is 2. The fourth-order valence-corrected chi connectivity index (χ4v) is 4.44. The summed E-state index contributed by atoms with van der Waals surface area (Å²) in [4.78, 5) is 29.4. The maximum Gasteiger partial charge on any atom is 0.254 e. The smallest absolute Gasteiger partial charge is 0.254 e. The first-order valence-corrected chi connectivity index (χ1v) is 11.0. The van der Waals surface area contributed by atoms with E-state index in [4.69, 9.17) is 0 Å². The van der Waals surface area contributed by atoms with E-state index in [2.05, 4.69) is 15.3 Å². The van der Waals surface area contributed by atoms with Crippen LogP contribution in [0.4, 0.5) is 0 Å². The summed E-state index contributed by atoms with van der Waals surface area (Å²) in [7, 11) is 0. The average Bonchev–Trinajstić information content (AvgIpc) is 3.46. The summed E-state index contributed by atoms with van der Waals surface area (Å²) in [6.45, 7) is 6.75. The lowest BCUT2D eigenvalue weighted by atomic mass is 10.1. The van der Waals surface area contributed by atoms with Crippen molar-refractivity contribution >= 4 is 11.8 Å². The molecule has 7 heteroatoms. The van der Waals surface area contributed by atoms with Gasteiger partial charge in [0.25, 0.3) is 5.91 Å². The Balaban J connectivity index is 1.20. The molecule has 1 aromatic heterocycles. The third-order valence-electron chi connectivity index (χ3n) is 6.31. The molecule has 1 aromatic carbocycles. The number of para-hydroxylation sites is 1. The van der Waals surface area contributed by atoms with Gasteiger partial charge in [-0.3, -0.25) is 14.5 Å². The van der Waals surface area contributed by atoms with Gasteiger partial charge in [0, 0.05) is 51.4 Å². The van der Waals surface area contributed by atoms with E-state index in [9.17, 15) is 9.59 Å². The molecule has 0 spiro atoms. The molecular weight excluding hydrogens is 378 g/mol. The molecule has 2 heterocycles. The molecular formula is C23H31N5O2. The first kappa shape index (κ1) is 20.6. The third-order valence-corrected chi connectivity index (χ3v) is 6.31. The van der Waals surface area contributed by atoms with Crippen molar-refractivity contribution in [1.82, 2.24) is 24.9 Å². The van der Waals surface area contributed by atoms with Crippen molar-refractivity contribution < 1.29 is 9.59 Å². The molecule has 0 radical (unpaired) electrons. The van der Waals surface area contributed by atoms with Gasteiger partial charge in [-0.05, 0) is 31.4 Å². The second-order valence-corrected chi connectivity index (χ2v) is 8.36. The van der Waals surface area contributed by atoms with Crippen molar-refractivity contribution in [2.75, 3.05) is 39.3 Å². The zero-order chi connectivity index (χ0) is 20.9. The van der Waals surface area contributed by atoms with Crippen LogP contribution in [0.2, 0.25) is 0 Å². The number of nitrogens with zero attached hydrogens (tertiary/aromatic N) is 4. The molecule has 30 heavy (non-hydrogen) atoms. The quantitative estimate of drug-likeness (QED) is 0.794. The van der Waals surface area contributed by atoms with E-state index < -0.39 is 0 Å². The summed E-state index contributed by atoms with van der Waals surface area (Å²) in [6.07, 6.45) is 7.89. The van der Waals surface area contributed by atoms with Gasteiger partial charge in [0.1, 0.15) is 0 Å². The summed E-state index contributed by atoms with van der Waals surface area (Å²) in [5.41, 5.74) is 2.64. The monoisotopic (exact) mass is 409 g/mol. The van der Waals surface area contributed by atoms with Gasteiger partial charge in [0.2, 0.25) is 5.91 Å². The van der Waals surface area contributed by atoms with Crippen molar-refractivity contribution in [3.05, 3.63) is 47.8 Å². The zero-order valence-corrected chi connectivity index (χ0v) is 17.7. The number of benzene rings is 1. The van der Waals surface area contributed by atoms with Crippen LogP contribution in [-0.2, 0) is 4.79 Å². The van der Waals surface area contributed by atoms with E-state index in [1.165, 1.54) is 12.8 Å². The summed E-state index contributed by atoms with van der Waals surface area (Å²) >= 11 is 0. The van der Waals surface area contributed by atoms with Crippen LogP contribution in [0.1, 0.15) is 41.6 Å². The highest BCUT2D eigenvalue weighted by molar-refractivity contribution is 5.93. The number of carbonyl (C=O) groups is 2. The highest BCUT2D eigenvalue weighted by Gasteiger charge is 2.29. The largest absolute Gasteiger partial charge is 0.351 e. The van der Waals surface area contributed by atoms with E-state index >= 15 is 0 Å². The molecule has 0 unspecified atom stereocenters. The molecule has 2 aliphatic rings. The fraction of sp³-hybridized carbons (Fsp3) is 0.522. The number of rotatable bonds is 6. The molecule has 1 aliphatic carbocycles. The van der Waals surface area contributed by atoms with E-state index in [1.807, 2.05) is 36.1 Å². The number of carbonyl (C=O) groups excluding carboxylic acids is 2. The van der Waals surface area contributed by atoms with Crippen molar-refractivity contribution in [1.29, 1.82) is 0 Å². The molecule has 1 aliphatic heterocycles. The van der Waals surface area contributed by atoms with Crippen LogP contribution >= 0.6 is 0 Å². The van der Waals surface area contributed by atoms with Gasteiger partial charge >= 0.3 is 0 Å². The number of hydrogen-bond acceptors (Lipinski definition) is 4. The highest BCUT2D eigenvalue weighted by Crippen LogP contribution is 2.26. The van der Waals surface area contributed by atoms with Crippen LogP contribution in [0, 0.1) is 12.8 Å². The SMILES string of the molecule is Cc1ccccc1-n1cc(C(=O)NCCN2CCN(C(=O)C3CCCC3)CC2)cn1. The number of nitrogens with one attached hydrogen (secondary N) is 1. The molecule has 1 N–H and O–H groups in total. The molecule has 4 rings (SSSR count). The van der Waals surface area contributed by atoms with Crippen molar-refractivity contribution in [3.63, 3.8) is 0 Å². The lowest BCUT2D eigenvalue weighted by Crippen LogP contribution is -2.51. The minimum absolute atomic E-state index is 0.107. The molecule has 1 saturated carbocycles. The average molecular weight is 410 g/mol. The van der Waals surface area contributed by atoms with Crippen LogP contribution in [0.5, 0.6) is 0 Å². The Labute approximate surface area is 178 Å². The van der Waals surface area contributed by atoms with Crippen molar-refractivity contribution in [3.8, 4) is 5.69 Å². The molecule has 0 bridgehead atoms. The van der Waals surface area contributed by atoms with Crippen LogP contribution < -0.4 is 5.32 Å². The van der Waals surface area contributed by atoms with Gasteiger partial charge in [-0.15, -0.1) is 0 Å². The van der Waals surface area contributed by atoms with Crippen LogP contribution in [0.15, 0.2) is 36.7 Å². The maximum absolute atomic E-state index is 12.5. The lowest BCUT2D eigenvalue weighted by Gasteiger charge is -2.36. The number of aryl methyl sites for hydroxylation is 1. The summed E-state index contributed by atoms with van der Waals surface area (Å²) in [5.74, 6) is 0.507. The van der Waals surface area contributed by atoms with Gasteiger partial charge in [0.05, 0.1) is 17.4 Å². The highest BCUT2D eigenvalue weighted by atomic mass is 16.2. The Morgan fingerprint density at radius 1 is 1.10 bits per heavy atom. The summed E-state index contributed by atoms with van der Waals surface area (Å²) in [6, 6.07) is 7.96. The minimum Gasteiger partial charge on any atom is -0.351 e. The van der Waals surface area contributed by atoms with Crippen molar-refractivity contribution in [2.45, 2.75) is 32.6 Å². The Kier molecular flexibility index (Phi) is 6.47. The molecule has 2 amide bonds. The number of hydrogen-bond donors (Lipinski definition) is 1. The molecule has 2 aromatic rings. The van der Waals surface area contributed by atoms with E-state index in [-0.39, 0.29) is 11.8 Å². The molecule has 0 atom stereocenters. The number of piperazine rings is 1. The predicted molar refractivity (Wildman–Crippen MR) is 116 cm³/mol. The standard InChI is InChI=1S/C23H31N5O2/c1-18-6-2-5-9-21(18)28-17-20(16-25-28)22(29)24-10-11-26-12-14-27(15-13-26)23(30)19-7-3-4-8-19/h2,5-6,9,16-17,19H,3-4,7-8,10-15H2,1H3,(H,24,29). The van der Waals surface area contributed by atoms with Gasteiger partial charge in [-0.1, -0.05) is 31.0 Å². The first-order valence-electron chi connectivity index (χ1n) is 11.0. The Morgan fingerprint density at radius 3 is 2.57 bits per heavy atom. The van der Waals surface area contributed by atoms with Gasteiger partial charge in [-0.25, -0.2) is 4.68 Å². The Hall–Kier alpha value is -2.67. The second kappa shape index (κ2) is 9.43. The second-order valence-electron chi connectivity index (χ2n) is 8.36. The first-order chi connectivity index (χ1) is 14.6. The van der Waals surface area contributed by atoms with Crippen LogP contribution in [0.25, 0.3) is 5.69 Å². The third kappa shape index (κ3) is 4.73. The van der Waals surface area contributed by atoms with Gasteiger partial charge < -0.3 is 10.2 Å². The topological polar surface area (TPSA) is 70.5 Å².